The lowest BCUT2D eigenvalue weighted by atomic mass is 10.0. The second-order valence-corrected chi connectivity index (χ2v) is 15.2. The van der Waals surface area contributed by atoms with Gasteiger partial charge in [0.2, 0.25) is 11.8 Å². The molecule has 4 aromatic rings. The summed E-state index contributed by atoms with van der Waals surface area (Å²) in [4.78, 5) is 80.3. The number of piperidine rings is 1. The van der Waals surface area contributed by atoms with Crippen LogP contribution in [-0.4, -0.2) is 103 Å². The Morgan fingerprint density at radius 3 is 1.96 bits per heavy atom. The minimum atomic E-state index is -0.707. The van der Waals surface area contributed by atoms with Crippen molar-refractivity contribution in [3.8, 4) is 33.9 Å². The van der Waals surface area contributed by atoms with Gasteiger partial charge in [0.25, 0.3) is 0 Å². The minimum absolute atomic E-state index is 0.111. The number of hydrogen-bond donors (Lipinski definition) is 4. The summed E-state index contributed by atoms with van der Waals surface area (Å²) < 4.78 is 9.52. The van der Waals surface area contributed by atoms with E-state index in [1.165, 1.54) is 14.2 Å². The molecule has 16 nitrogen and oxygen atoms in total. The molecule has 1 unspecified atom stereocenters. The molecule has 5 atom stereocenters. The fourth-order valence-corrected chi connectivity index (χ4v) is 8.01. The number of likely N-dealkylation sites (tertiary alicyclic amines) is 2. The molecule has 0 spiro atoms. The van der Waals surface area contributed by atoms with Gasteiger partial charge in [0.15, 0.2) is 5.82 Å². The molecule has 4 amide bonds. The summed E-state index contributed by atoms with van der Waals surface area (Å²) >= 11 is 0. The smallest absolute Gasteiger partial charge is 0.407 e. The number of benzene rings is 1. The van der Waals surface area contributed by atoms with Crippen LogP contribution in [0.3, 0.4) is 0 Å². The van der Waals surface area contributed by atoms with Gasteiger partial charge in [-0.3, -0.25) is 9.59 Å². The molecular weight excluding hydrogens is 704 g/mol. The first-order valence-corrected chi connectivity index (χ1v) is 18.8. The van der Waals surface area contributed by atoms with E-state index in [9.17, 15) is 19.2 Å². The third kappa shape index (κ3) is 7.12. The lowest BCUT2D eigenvalue weighted by Gasteiger charge is -2.32. The number of imidazole rings is 2. The number of carbonyl (C=O) groups is 4. The second-order valence-electron chi connectivity index (χ2n) is 15.2. The molecule has 1 saturated carbocycles. The van der Waals surface area contributed by atoms with E-state index in [-0.39, 0.29) is 29.7 Å². The highest BCUT2D eigenvalue weighted by atomic mass is 16.5. The molecule has 3 aliphatic rings. The number of rotatable bonds is 11. The fourth-order valence-electron chi connectivity index (χ4n) is 8.01. The van der Waals surface area contributed by atoms with E-state index < -0.39 is 29.8 Å². The number of carbonyl (C=O) groups excluding carboxylic acids is 4. The van der Waals surface area contributed by atoms with Crippen molar-refractivity contribution in [2.75, 3.05) is 27.3 Å². The number of amides is 4. The number of aromatic amines is 2. The van der Waals surface area contributed by atoms with Gasteiger partial charge in [-0.05, 0) is 49.0 Å². The molecule has 55 heavy (non-hydrogen) atoms. The van der Waals surface area contributed by atoms with Gasteiger partial charge in [-0.2, -0.15) is 0 Å². The summed E-state index contributed by atoms with van der Waals surface area (Å²) in [5.41, 5.74) is 3.60. The Balaban J connectivity index is 1.02. The first-order chi connectivity index (χ1) is 26.4. The van der Waals surface area contributed by atoms with Crippen molar-refractivity contribution in [2.45, 2.75) is 77.0 Å². The van der Waals surface area contributed by atoms with Gasteiger partial charge in [-0.1, -0.05) is 52.0 Å². The normalized spacial score (nSPS) is 21.3. The first-order valence-electron chi connectivity index (χ1n) is 18.8. The molecule has 0 radical (unpaired) electrons. The van der Waals surface area contributed by atoms with Crippen molar-refractivity contribution in [3.63, 3.8) is 0 Å². The molecule has 0 bridgehead atoms. The predicted molar refractivity (Wildman–Crippen MR) is 201 cm³/mol. The predicted octanol–water partition coefficient (Wildman–Crippen LogP) is 4.80. The summed E-state index contributed by atoms with van der Waals surface area (Å²) in [5.74, 6) is 1.78. The van der Waals surface area contributed by atoms with Crippen molar-refractivity contribution in [1.29, 1.82) is 0 Å². The summed E-state index contributed by atoms with van der Waals surface area (Å²) in [6, 6.07) is 6.24. The zero-order valence-corrected chi connectivity index (χ0v) is 32.0. The van der Waals surface area contributed by atoms with Crippen LogP contribution in [-0.2, 0) is 24.6 Å². The van der Waals surface area contributed by atoms with Gasteiger partial charge >= 0.3 is 12.2 Å². The molecular formula is C39H48N10O6. The van der Waals surface area contributed by atoms with Crippen LogP contribution in [0.2, 0.25) is 0 Å². The van der Waals surface area contributed by atoms with Gasteiger partial charge in [-0.25, -0.2) is 29.5 Å². The topological polar surface area (TPSA) is 200 Å². The van der Waals surface area contributed by atoms with Crippen LogP contribution in [0.25, 0.3) is 33.9 Å². The number of nitrogens with one attached hydrogen (secondary N) is 4. The zero-order valence-electron chi connectivity index (χ0n) is 32.0. The summed E-state index contributed by atoms with van der Waals surface area (Å²) in [6.45, 7) is 8.76. The molecule has 2 aliphatic heterocycles. The highest BCUT2D eigenvalue weighted by Crippen LogP contribution is 2.62. The number of alkyl carbamates (subject to hydrolysis) is 2. The van der Waals surface area contributed by atoms with E-state index in [4.69, 9.17) is 14.5 Å². The number of hydrogen-bond acceptors (Lipinski definition) is 10. The van der Waals surface area contributed by atoms with Crippen molar-refractivity contribution in [2.24, 2.45) is 17.8 Å². The molecule has 5 heterocycles. The van der Waals surface area contributed by atoms with Gasteiger partial charge in [-0.15, -0.1) is 0 Å². The lowest BCUT2D eigenvalue weighted by molar-refractivity contribution is -0.137. The van der Waals surface area contributed by atoms with Crippen LogP contribution in [0.5, 0.6) is 0 Å². The number of aromatic nitrogens is 6. The van der Waals surface area contributed by atoms with Gasteiger partial charge in [0.05, 0.1) is 44.0 Å². The van der Waals surface area contributed by atoms with E-state index in [2.05, 4.69) is 35.6 Å². The van der Waals surface area contributed by atoms with Crippen LogP contribution < -0.4 is 10.6 Å². The van der Waals surface area contributed by atoms with E-state index in [1.807, 2.05) is 56.9 Å². The molecule has 16 heteroatoms. The van der Waals surface area contributed by atoms with E-state index in [1.54, 1.807) is 29.7 Å². The van der Waals surface area contributed by atoms with Crippen molar-refractivity contribution in [3.05, 3.63) is 60.7 Å². The molecule has 1 aromatic carbocycles. The molecule has 7 rings (SSSR count). The van der Waals surface area contributed by atoms with E-state index in [0.717, 1.165) is 59.6 Å². The quantitative estimate of drug-likeness (QED) is 0.165. The van der Waals surface area contributed by atoms with Crippen molar-refractivity contribution < 1.29 is 28.7 Å². The molecule has 2 saturated heterocycles. The zero-order chi connectivity index (χ0) is 39.0. The Hall–Kier alpha value is -5.80. The Bertz CT molecular complexity index is 2040. The van der Waals surface area contributed by atoms with E-state index in [0.29, 0.717) is 30.7 Å². The maximum absolute atomic E-state index is 13.7. The third-order valence-electron chi connectivity index (χ3n) is 11.2. The Morgan fingerprint density at radius 1 is 0.745 bits per heavy atom. The standard InChI is InChI=1S/C39H48N10O6/c1-21(2)30(46-37(52)54-5)34(50)48-14-7-8-29(48)33-42-19-28(44-33)25-17-40-32(41-18-25)24-11-9-23(10-12-24)27-20-43-36(45-27)39-16-26(39)13-15-49(39)35(51)31(22(3)4)47-38(53)55-6/h9-12,17-22,26,29-31H,7-8,13-16H2,1-6H3,(H,42,44)(H,43,45)(H,46,52)(H,47,53)/t26-,29-,30-,31-,39?/m0/s1. The number of H-pyrrole nitrogens is 2. The summed E-state index contributed by atoms with van der Waals surface area (Å²) in [6.07, 6.45) is 9.03. The van der Waals surface area contributed by atoms with Gasteiger partial charge < -0.3 is 39.9 Å². The minimum Gasteiger partial charge on any atom is -0.453 e. The molecule has 1 aliphatic carbocycles. The van der Waals surface area contributed by atoms with Crippen LogP contribution in [0.15, 0.2) is 49.1 Å². The van der Waals surface area contributed by atoms with Crippen LogP contribution in [0.4, 0.5) is 9.59 Å². The number of ether oxygens (including phenoxy) is 2. The molecule has 3 fully saturated rings. The second kappa shape index (κ2) is 15.1. The monoisotopic (exact) mass is 752 g/mol. The fraction of sp³-hybridized carbons (Fsp3) is 0.487. The lowest BCUT2D eigenvalue weighted by Crippen LogP contribution is -2.53. The maximum atomic E-state index is 13.7. The average Bonchev–Trinajstić information content (AvgIpc) is 3.80. The van der Waals surface area contributed by atoms with Crippen molar-refractivity contribution in [1.82, 2.24) is 50.3 Å². The SMILES string of the molecule is COC(=O)N[C@H](C(=O)N1CCC[C@H]1c1ncc(-c2cnc(-c3ccc(-c4cnc(C56C[C@@H]5CCN6C(=O)[C@@H](NC(=O)OC)C(C)C)[nH]4)cc3)nc2)[nH]1)C(C)C. The highest BCUT2D eigenvalue weighted by molar-refractivity contribution is 5.88. The highest BCUT2D eigenvalue weighted by Gasteiger charge is 2.67. The average molecular weight is 753 g/mol. The molecule has 290 valence electrons. The third-order valence-corrected chi connectivity index (χ3v) is 11.2. The summed E-state index contributed by atoms with van der Waals surface area (Å²) in [7, 11) is 2.57. The van der Waals surface area contributed by atoms with Crippen LogP contribution in [0, 0.1) is 17.8 Å². The number of methoxy groups -OCH3 is 2. The summed E-state index contributed by atoms with van der Waals surface area (Å²) in [5, 5.41) is 5.40. The maximum Gasteiger partial charge on any atom is 0.407 e. The number of fused-ring (bicyclic) bond motifs is 1. The Labute approximate surface area is 319 Å². The van der Waals surface area contributed by atoms with Crippen LogP contribution >= 0.6 is 0 Å². The number of nitrogens with zero attached hydrogens (tertiary/aromatic N) is 6. The van der Waals surface area contributed by atoms with Crippen molar-refractivity contribution >= 4 is 24.0 Å². The first kappa shape index (κ1) is 37.5. The molecule has 4 N–H and O–H groups in total. The largest absolute Gasteiger partial charge is 0.453 e. The Morgan fingerprint density at radius 2 is 1.35 bits per heavy atom. The van der Waals surface area contributed by atoms with Crippen LogP contribution in [0.1, 0.15) is 71.1 Å². The van der Waals surface area contributed by atoms with E-state index >= 15 is 0 Å². The van der Waals surface area contributed by atoms with Gasteiger partial charge in [0.1, 0.15) is 29.3 Å². The molecule has 3 aromatic heterocycles. The Kier molecular flexibility index (Phi) is 10.3. The van der Waals surface area contributed by atoms with Gasteiger partial charge in [0, 0.05) is 36.6 Å².